The second kappa shape index (κ2) is 18.3. The molecule has 0 saturated carbocycles. The highest BCUT2D eigenvalue weighted by molar-refractivity contribution is 7.26. The van der Waals surface area contributed by atoms with Crippen LogP contribution in [0.2, 0.25) is 0 Å². The number of anilines is 9. The van der Waals surface area contributed by atoms with E-state index in [1.54, 1.807) is 0 Å². The Morgan fingerprint density at radius 2 is 0.507 bits per heavy atom. The fourth-order valence-corrected chi connectivity index (χ4v) is 12.3. The summed E-state index contributed by atoms with van der Waals surface area (Å²) in [5, 5.41) is 4.95. The van der Waals surface area contributed by atoms with Gasteiger partial charge in [0.15, 0.2) is 0 Å². The summed E-state index contributed by atoms with van der Waals surface area (Å²) < 4.78 is 5.02. The minimum Gasteiger partial charge on any atom is -0.310 e. The molecule has 0 atom stereocenters. The summed E-state index contributed by atoms with van der Waals surface area (Å²) in [7, 11) is 0. The van der Waals surface area contributed by atoms with Gasteiger partial charge in [-0.25, -0.2) is 0 Å². The molecule has 71 heavy (non-hydrogen) atoms. The maximum Gasteiger partial charge on any atom is 0.0476 e. The molecule has 0 fully saturated rings. The van der Waals surface area contributed by atoms with Crippen molar-refractivity contribution in [2.45, 2.75) is 0 Å². The van der Waals surface area contributed by atoms with Crippen molar-refractivity contribution in [2.24, 2.45) is 0 Å². The molecule has 0 saturated heterocycles. The highest BCUT2D eigenvalue weighted by Gasteiger charge is 2.21. The van der Waals surface area contributed by atoms with Crippen LogP contribution in [0.25, 0.3) is 62.6 Å². The van der Waals surface area contributed by atoms with E-state index in [2.05, 4.69) is 288 Å². The zero-order valence-electron chi connectivity index (χ0n) is 38.6. The van der Waals surface area contributed by atoms with Crippen molar-refractivity contribution in [3.05, 3.63) is 273 Å². The summed E-state index contributed by atoms with van der Waals surface area (Å²) in [6.07, 6.45) is 0. The summed E-state index contributed by atoms with van der Waals surface area (Å²) in [6, 6.07) is 99.1. The predicted molar refractivity (Wildman–Crippen MR) is 307 cm³/mol. The molecule has 0 bridgehead atoms. The summed E-state index contributed by atoms with van der Waals surface area (Å²) >= 11 is 3.70. The van der Waals surface area contributed by atoms with E-state index in [0.717, 1.165) is 51.2 Å². The lowest BCUT2D eigenvalue weighted by molar-refractivity contribution is 1.29. The smallest absolute Gasteiger partial charge is 0.0476 e. The van der Waals surface area contributed by atoms with Crippen LogP contribution < -0.4 is 14.7 Å². The van der Waals surface area contributed by atoms with E-state index in [1.165, 1.54) is 62.6 Å². The van der Waals surface area contributed by atoms with E-state index < -0.39 is 0 Å². The number of rotatable bonds is 11. The topological polar surface area (TPSA) is 9.72 Å². The molecule has 2 aromatic heterocycles. The van der Waals surface area contributed by atoms with Crippen molar-refractivity contribution < 1.29 is 0 Å². The fraction of sp³-hybridized carbons (Fsp3) is 0. The van der Waals surface area contributed by atoms with Crippen molar-refractivity contribution in [3.8, 4) is 22.3 Å². The van der Waals surface area contributed by atoms with Gasteiger partial charge < -0.3 is 14.7 Å². The number of para-hydroxylation sites is 4. The molecule has 13 aromatic rings. The summed E-state index contributed by atoms with van der Waals surface area (Å²) in [5.74, 6) is 0. The van der Waals surface area contributed by atoms with Crippen LogP contribution in [0.3, 0.4) is 0 Å². The van der Waals surface area contributed by atoms with Gasteiger partial charge in [-0.3, -0.25) is 0 Å². The van der Waals surface area contributed by atoms with Crippen LogP contribution in [0, 0.1) is 0 Å². The second-order valence-electron chi connectivity index (χ2n) is 17.7. The Labute approximate surface area is 421 Å². The molecule has 0 amide bonds. The van der Waals surface area contributed by atoms with Crippen LogP contribution in [0.4, 0.5) is 51.2 Å². The van der Waals surface area contributed by atoms with Gasteiger partial charge in [0, 0.05) is 91.5 Å². The monoisotopic (exact) mass is 943 g/mol. The van der Waals surface area contributed by atoms with Gasteiger partial charge in [-0.05, 0) is 150 Å². The van der Waals surface area contributed by atoms with Crippen LogP contribution in [-0.4, -0.2) is 0 Å². The number of fused-ring (bicyclic) bond motifs is 6. The second-order valence-corrected chi connectivity index (χ2v) is 19.9. The van der Waals surface area contributed by atoms with Gasteiger partial charge in [-0.2, -0.15) is 0 Å². The normalized spacial score (nSPS) is 11.4. The highest BCUT2D eigenvalue weighted by Crippen LogP contribution is 2.47. The molecule has 13 rings (SSSR count). The molecular formula is C66H45N3S2. The zero-order valence-corrected chi connectivity index (χ0v) is 40.3. The fourth-order valence-electron chi connectivity index (χ4n) is 10.1. The molecule has 0 aliphatic heterocycles. The molecule has 3 nitrogen and oxygen atoms in total. The highest BCUT2D eigenvalue weighted by atomic mass is 32.1. The molecule has 5 heteroatoms. The Bertz CT molecular complexity index is 3910. The molecule has 0 unspecified atom stereocenters. The molecule has 11 aromatic carbocycles. The average molecular weight is 944 g/mol. The number of nitrogens with zero attached hydrogens (tertiary/aromatic N) is 3. The minimum absolute atomic E-state index is 1.09. The Kier molecular flexibility index (Phi) is 10.9. The van der Waals surface area contributed by atoms with Gasteiger partial charge in [0.2, 0.25) is 0 Å². The lowest BCUT2D eigenvalue weighted by atomic mass is 9.93. The van der Waals surface area contributed by atoms with E-state index in [4.69, 9.17) is 0 Å². The van der Waals surface area contributed by atoms with Crippen LogP contribution in [0.15, 0.2) is 273 Å². The largest absolute Gasteiger partial charge is 0.310 e. The Morgan fingerprint density at radius 1 is 0.197 bits per heavy atom. The van der Waals surface area contributed by atoms with Crippen LogP contribution in [0.1, 0.15) is 0 Å². The first-order valence-electron chi connectivity index (χ1n) is 24.0. The van der Waals surface area contributed by atoms with E-state index in [1.807, 2.05) is 22.7 Å². The minimum atomic E-state index is 1.09. The van der Waals surface area contributed by atoms with Gasteiger partial charge in [0.1, 0.15) is 0 Å². The third-order valence-electron chi connectivity index (χ3n) is 13.4. The standard InChI is InChI=1S/C66H45N3S2/c1-7-19-46(20-8-1)57-36-31-52(41-59(57)47-21-9-2-10-22-47)69(54-34-38-63-60(42-54)58-37-32-56(45-66(58)71-63)68(50-27-15-5-16-28-50)51-29-17-6-18-30-51)55-35-40-65-62(44-55)61-43-53(33-39-64(61)70-65)67(48-23-11-3-12-24-48)49-25-13-4-14-26-49/h1-45H. The van der Waals surface area contributed by atoms with Crippen molar-refractivity contribution in [1.82, 2.24) is 0 Å². The van der Waals surface area contributed by atoms with Crippen molar-refractivity contribution >= 4 is 114 Å². The first-order chi connectivity index (χ1) is 35.2. The SMILES string of the molecule is c1ccc(-c2ccc(N(c3ccc4sc5cc(N(c6ccccc6)c6ccccc6)ccc5c4c3)c3ccc4sc5ccc(N(c6ccccc6)c6ccccc6)cc5c4c3)cc2-c2ccccc2)cc1. The Balaban J connectivity index is 0.989. The zero-order chi connectivity index (χ0) is 47.1. The van der Waals surface area contributed by atoms with Gasteiger partial charge >= 0.3 is 0 Å². The predicted octanol–water partition coefficient (Wildman–Crippen LogP) is 20.2. The van der Waals surface area contributed by atoms with E-state index in [0.29, 0.717) is 0 Å². The molecule has 0 N–H and O–H groups in total. The van der Waals surface area contributed by atoms with Crippen molar-refractivity contribution in [3.63, 3.8) is 0 Å². The third kappa shape index (κ3) is 7.97. The van der Waals surface area contributed by atoms with Gasteiger partial charge in [0.25, 0.3) is 0 Å². The summed E-state index contributed by atoms with van der Waals surface area (Å²) in [6.45, 7) is 0. The van der Waals surface area contributed by atoms with Gasteiger partial charge in [-0.1, -0.05) is 146 Å². The van der Waals surface area contributed by atoms with Crippen LogP contribution >= 0.6 is 22.7 Å². The Morgan fingerprint density at radius 3 is 0.944 bits per heavy atom. The maximum atomic E-state index is 2.46. The average Bonchev–Trinajstić information content (AvgIpc) is 4.00. The number of hydrogen-bond donors (Lipinski definition) is 0. The number of thiophene rings is 2. The summed E-state index contributed by atoms with van der Waals surface area (Å²) in [5.41, 5.74) is 14.8. The first kappa shape index (κ1) is 42.4. The van der Waals surface area contributed by atoms with Crippen molar-refractivity contribution in [2.75, 3.05) is 14.7 Å². The quantitative estimate of drug-likeness (QED) is 0.128. The molecule has 0 spiro atoms. The summed E-state index contributed by atoms with van der Waals surface area (Å²) in [4.78, 5) is 7.15. The number of benzene rings is 11. The molecule has 336 valence electrons. The molecule has 0 radical (unpaired) electrons. The number of hydrogen-bond acceptors (Lipinski definition) is 5. The van der Waals surface area contributed by atoms with Gasteiger partial charge in [-0.15, -0.1) is 22.7 Å². The lowest BCUT2D eigenvalue weighted by Crippen LogP contribution is -2.10. The van der Waals surface area contributed by atoms with Crippen LogP contribution in [-0.2, 0) is 0 Å². The maximum absolute atomic E-state index is 2.46. The molecule has 2 heterocycles. The molecule has 0 aliphatic carbocycles. The van der Waals surface area contributed by atoms with E-state index >= 15 is 0 Å². The van der Waals surface area contributed by atoms with Gasteiger partial charge in [0.05, 0.1) is 0 Å². The van der Waals surface area contributed by atoms with E-state index in [-0.39, 0.29) is 0 Å². The third-order valence-corrected chi connectivity index (χ3v) is 15.7. The van der Waals surface area contributed by atoms with Crippen molar-refractivity contribution in [1.29, 1.82) is 0 Å². The Hall–Kier alpha value is -8.74. The molecular weight excluding hydrogens is 899 g/mol. The first-order valence-corrected chi connectivity index (χ1v) is 25.6. The van der Waals surface area contributed by atoms with E-state index in [9.17, 15) is 0 Å². The molecule has 0 aliphatic rings. The lowest BCUT2D eigenvalue weighted by Gasteiger charge is -2.27. The van der Waals surface area contributed by atoms with Crippen LogP contribution in [0.5, 0.6) is 0 Å².